The van der Waals surface area contributed by atoms with E-state index in [2.05, 4.69) is 24.0 Å². The summed E-state index contributed by atoms with van der Waals surface area (Å²) in [6.07, 6.45) is -4.40. The molecule has 3 rings (SSSR count). The van der Waals surface area contributed by atoms with Gasteiger partial charge in [0, 0.05) is 0 Å². The van der Waals surface area contributed by atoms with Crippen LogP contribution >= 0.6 is 15.6 Å². The smallest absolute Gasteiger partial charge is 0.790 e. The Bertz CT molecular complexity index is 947. The van der Waals surface area contributed by atoms with Gasteiger partial charge in [0.1, 0.15) is 30.2 Å². The fraction of sp³-hybridized carbons (Fsp3) is 0.500. The standard InChI is InChI=1S/C10H15N5O10P2.2Ca.8H2O/c11-8-5-9(13-2-12-8)15(3-14-5)10-6(16)7(25-27(20,21)22)4(24-10)1-23-26(17,18)19;;;;;;;;;;/h2-4,6-7,10,16H,1H2,(H2,11,12,13)(H2,17,18,19)(H2,20,21,22);;;8*1H2/q;2*+2;;;;;;;;/p-4/t4-,6-,7-,10-;;;;;;;;;;/m1........../s1. The van der Waals surface area contributed by atoms with Crippen LogP contribution in [0.2, 0.25) is 0 Å². The number of ether oxygens (including phenoxy) is 1. The van der Waals surface area contributed by atoms with Crippen molar-refractivity contribution >= 4 is 108 Å². The van der Waals surface area contributed by atoms with Crippen molar-refractivity contribution in [3.05, 3.63) is 12.7 Å². The van der Waals surface area contributed by atoms with Gasteiger partial charge in [-0.2, -0.15) is 0 Å². The molecule has 214 valence electrons. The number of hydrogen-bond acceptors (Lipinski definition) is 14. The Hall–Kier alpha value is 0.689. The first-order valence-electron chi connectivity index (χ1n) is 7.10. The van der Waals surface area contributed by atoms with Gasteiger partial charge in [-0.1, -0.05) is 0 Å². The van der Waals surface area contributed by atoms with Gasteiger partial charge in [0.15, 0.2) is 17.7 Å². The predicted octanol–water partition coefficient (Wildman–Crippen LogP) is -11.6. The Balaban J connectivity index is -0.000000140. The van der Waals surface area contributed by atoms with Gasteiger partial charge in [0.05, 0.1) is 28.6 Å². The van der Waals surface area contributed by atoms with Crippen LogP contribution in [0.5, 0.6) is 0 Å². The maximum Gasteiger partial charge on any atom is 2.00 e. The Kier molecular flexibility index (Phi) is 34.8. The Labute approximate surface area is 266 Å². The van der Waals surface area contributed by atoms with Gasteiger partial charge < -0.3 is 97.1 Å². The number of fused-ring (bicyclic) bond motifs is 1. The first kappa shape index (κ1) is 57.6. The maximum atomic E-state index is 10.9. The van der Waals surface area contributed by atoms with Gasteiger partial charge in [0.2, 0.25) is 0 Å². The van der Waals surface area contributed by atoms with Gasteiger partial charge in [-0.3, -0.25) is 4.57 Å². The van der Waals surface area contributed by atoms with Crippen LogP contribution < -0.4 is 25.3 Å². The molecule has 27 heteroatoms. The van der Waals surface area contributed by atoms with E-state index in [4.69, 9.17) is 10.5 Å². The van der Waals surface area contributed by atoms with Gasteiger partial charge in [0.25, 0.3) is 0 Å². The number of nitrogen functional groups attached to an aromatic ring is 1. The minimum atomic E-state index is -5.60. The molecule has 0 radical (unpaired) electrons. The minimum absolute atomic E-state index is 0. The number of nitrogens with zero attached hydrogens (tertiary/aromatic N) is 4. The summed E-state index contributed by atoms with van der Waals surface area (Å²) in [6, 6.07) is 0. The zero-order valence-corrected chi connectivity index (χ0v) is 24.7. The van der Waals surface area contributed by atoms with Crippen LogP contribution in [0, 0.1) is 0 Å². The van der Waals surface area contributed by atoms with Gasteiger partial charge in [-0.15, -0.1) is 0 Å². The summed E-state index contributed by atoms with van der Waals surface area (Å²) in [5, 5.41) is 10.4. The second-order valence-electron chi connectivity index (χ2n) is 5.40. The molecule has 0 amide bonds. The normalized spacial score (nSPS) is 19.5. The van der Waals surface area contributed by atoms with E-state index < -0.39 is 46.8 Å². The molecule has 0 aromatic carbocycles. The number of rotatable bonds is 6. The number of nitrogens with two attached hydrogens (primary N) is 1. The van der Waals surface area contributed by atoms with Crippen LogP contribution in [0.4, 0.5) is 5.82 Å². The molecule has 1 aliphatic rings. The van der Waals surface area contributed by atoms with Crippen molar-refractivity contribution in [2.75, 3.05) is 12.3 Å². The van der Waals surface area contributed by atoms with E-state index in [1.165, 1.54) is 0 Å². The van der Waals surface area contributed by atoms with Crippen molar-refractivity contribution in [1.29, 1.82) is 0 Å². The third-order valence-corrected chi connectivity index (χ3v) is 4.59. The fourth-order valence-electron chi connectivity index (χ4n) is 2.58. The molecule has 1 saturated heterocycles. The number of aliphatic hydroxyl groups excluding tert-OH is 1. The van der Waals surface area contributed by atoms with Crippen molar-refractivity contribution in [2.24, 2.45) is 0 Å². The van der Waals surface area contributed by atoms with Crippen molar-refractivity contribution in [2.45, 2.75) is 24.5 Å². The van der Waals surface area contributed by atoms with Crippen LogP contribution in [-0.2, 0) is 22.9 Å². The zero-order chi connectivity index (χ0) is 20.0. The molecule has 4 atom stereocenters. The van der Waals surface area contributed by atoms with E-state index >= 15 is 0 Å². The molecule has 0 unspecified atom stereocenters. The summed E-state index contributed by atoms with van der Waals surface area (Å²) < 4.78 is 36.4. The van der Waals surface area contributed by atoms with E-state index in [9.17, 15) is 33.8 Å². The summed E-state index contributed by atoms with van der Waals surface area (Å²) in [5.74, 6) is 0.0150. The Morgan fingerprint density at radius 1 is 0.946 bits per heavy atom. The number of imidazole rings is 1. The topological polar surface area (TPSA) is 496 Å². The minimum Gasteiger partial charge on any atom is -0.790 e. The number of anilines is 1. The van der Waals surface area contributed by atoms with Crippen molar-refractivity contribution in [3.63, 3.8) is 0 Å². The number of hydrogen-bond donors (Lipinski definition) is 2. The fourth-order valence-corrected chi connectivity index (χ4v) is 3.47. The Morgan fingerprint density at radius 3 is 1.92 bits per heavy atom. The summed E-state index contributed by atoms with van der Waals surface area (Å²) >= 11 is 0. The molecule has 37 heavy (non-hydrogen) atoms. The Morgan fingerprint density at radius 2 is 1.46 bits per heavy atom. The second-order valence-corrected chi connectivity index (χ2v) is 7.66. The third-order valence-electron chi connectivity index (χ3n) is 3.62. The van der Waals surface area contributed by atoms with Crippen LogP contribution in [0.25, 0.3) is 11.2 Å². The zero-order valence-electron chi connectivity index (χ0n) is 18.5. The molecule has 0 spiro atoms. The van der Waals surface area contributed by atoms with Crippen molar-refractivity contribution in [1.82, 2.24) is 19.5 Å². The van der Waals surface area contributed by atoms with Gasteiger partial charge >= 0.3 is 75.5 Å². The summed E-state index contributed by atoms with van der Waals surface area (Å²) in [4.78, 5) is 54.7. The average molecular weight is 647 g/mol. The molecule has 2 aromatic rings. The molecular formula is C10H27Ca2N5O18P2. The maximum absolute atomic E-state index is 10.9. The molecular weight excluding hydrogens is 620 g/mol. The summed E-state index contributed by atoms with van der Waals surface area (Å²) in [5.41, 5.74) is 5.88. The predicted molar refractivity (Wildman–Crippen MR) is 116 cm³/mol. The first-order chi connectivity index (χ1) is 12.5. The molecule has 1 fully saturated rings. The van der Waals surface area contributed by atoms with Crippen LogP contribution in [0.1, 0.15) is 6.23 Å². The van der Waals surface area contributed by atoms with E-state index in [0.29, 0.717) is 0 Å². The number of phosphoric ester groups is 2. The number of aromatic nitrogens is 4. The molecule has 0 aliphatic carbocycles. The van der Waals surface area contributed by atoms with Crippen LogP contribution in [-0.4, -0.2) is 169 Å². The third kappa shape index (κ3) is 14.8. The van der Waals surface area contributed by atoms with Crippen molar-refractivity contribution in [3.8, 4) is 0 Å². The monoisotopic (exact) mass is 647 g/mol. The SMILES string of the molecule is Nc1ncnc2c1ncn2[C@@H]1O[C@H](COP(=O)([O-])[O-])[C@@H](OP(=O)([O-])[O-])[C@H]1O.O.O.O.O.O.O.O.O.[Ca+2].[Ca+2]. The molecule has 0 saturated carbocycles. The van der Waals surface area contributed by atoms with E-state index in [1.54, 1.807) is 0 Å². The van der Waals surface area contributed by atoms with E-state index in [0.717, 1.165) is 17.2 Å². The summed E-state index contributed by atoms with van der Waals surface area (Å²) in [7, 11) is -11.0. The summed E-state index contributed by atoms with van der Waals surface area (Å²) in [6.45, 7) is -0.994. The first-order valence-corrected chi connectivity index (χ1v) is 10.0. The second kappa shape index (κ2) is 22.4. The molecule has 1 aliphatic heterocycles. The quantitative estimate of drug-likeness (QED) is 0.217. The molecule has 0 bridgehead atoms. The molecule has 2 aromatic heterocycles. The van der Waals surface area contributed by atoms with Gasteiger partial charge in [-0.25, -0.2) is 15.0 Å². The van der Waals surface area contributed by atoms with E-state index in [-0.39, 0.29) is 136 Å². The van der Waals surface area contributed by atoms with Crippen molar-refractivity contribution < 1.29 is 91.4 Å². The van der Waals surface area contributed by atoms with Crippen LogP contribution in [0.15, 0.2) is 12.7 Å². The molecule has 23 nitrogen and oxygen atoms in total. The number of aliphatic hydroxyl groups is 1. The van der Waals surface area contributed by atoms with E-state index in [1.807, 2.05) is 0 Å². The average Bonchev–Trinajstić information content (AvgIpc) is 3.07. The van der Waals surface area contributed by atoms with Crippen LogP contribution in [0.3, 0.4) is 0 Å². The largest absolute Gasteiger partial charge is 2.00 e. The van der Waals surface area contributed by atoms with Gasteiger partial charge in [-0.05, 0) is 0 Å². The molecule has 19 N–H and O–H groups in total. The number of phosphoric acid groups is 2. The molecule has 3 heterocycles.